The van der Waals surface area contributed by atoms with Gasteiger partial charge in [0.2, 0.25) is 0 Å². The minimum absolute atomic E-state index is 0.0777. The van der Waals surface area contributed by atoms with E-state index in [4.69, 9.17) is 9.57 Å². The van der Waals surface area contributed by atoms with E-state index in [9.17, 15) is 4.79 Å². The van der Waals surface area contributed by atoms with Crippen molar-refractivity contribution in [2.24, 2.45) is 0 Å². The van der Waals surface area contributed by atoms with Crippen molar-refractivity contribution in [3.63, 3.8) is 0 Å². The first-order valence-corrected chi connectivity index (χ1v) is 7.21. The number of carbonyl (C=O) groups excluding carboxylic acids is 1. The van der Waals surface area contributed by atoms with Crippen molar-refractivity contribution in [3.05, 3.63) is 65.7 Å². The highest BCUT2D eigenvalue weighted by molar-refractivity contribution is 5.93. The minimum Gasteiger partial charge on any atom is -0.497 e. The lowest BCUT2D eigenvalue weighted by molar-refractivity contribution is -0.119. The van der Waals surface area contributed by atoms with Crippen molar-refractivity contribution in [2.45, 2.75) is 19.4 Å². The van der Waals surface area contributed by atoms with E-state index in [0.29, 0.717) is 12.0 Å². The molecule has 0 saturated carbocycles. The first-order chi connectivity index (χ1) is 10.7. The van der Waals surface area contributed by atoms with Gasteiger partial charge in [-0.2, -0.15) is 0 Å². The van der Waals surface area contributed by atoms with Crippen molar-refractivity contribution >= 4 is 5.91 Å². The quantitative estimate of drug-likeness (QED) is 0.768. The molecule has 1 amide bonds. The van der Waals surface area contributed by atoms with Crippen LogP contribution in [0.25, 0.3) is 0 Å². The van der Waals surface area contributed by atoms with Crippen LogP contribution in [0.15, 0.2) is 54.6 Å². The summed E-state index contributed by atoms with van der Waals surface area (Å²) in [6.07, 6.45) is 0.705. The van der Waals surface area contributed by atoms with Crippen molar-refractivity contribution in [1.82, 2.24) is 5.06 Å². The summed E-state index contributed by atoms with van der Waals surface area (Å²) in [4.78, 5) is 17.8. The zero-order chi connectivity index (χ0) is 15.9. The van der Waals surface area contributed by atoms with Gasteiger partial charge in [0, 0.05) is 5.56 Å². The van der Waals surface area contributed by atoms with Crippen LogP contribution in [0, 0.1) is 0 Å². The van der Waals surface area contributed by atoms with E-state index in [1.54, 1.807) is 19.2 Å². The fourth-order valence-corrected chi connectivity index (χ4v) is 2.36. The Labute approximate surface area is 131 Å². The maximum absolute atomic E-state index is 12.5. The largest absolute Gasteiger partial charge is 0.497 e. The van der Waals surface area contributed by atoms with Crippen LogP contribution in [0.4, 0.5) is 0 Å². The van der Waals surface area contributed by atoms with Gasteiger partial charge in [0.25, 0.3) is 5.91 Å². The molecular formula is C18H21NO3. The number of ether oxygens (including phenoxy) is 1. The molecule has 0 saturated heterocycles. The molecule has 0 unspecified atom stereocenters. The number of rotatable bonds is 6. The summed E-state index contributed by atoms with van der Waals surface area (Å²) in [5, 5.41) is 1.42. The Kier molecular flexibility index (Phi) is 5.55. The number of carbonyl (C=O) groups is 1. The molecule has 0 fully saturated rings. The van der Waals surface area contributed by atoms with Gasteiger partial charge in [-0.1, -0.05) is 30.3 Å². The van der Waals surface area contributed by atoms with Gasteiger partial charge in [-0.3, -0.25) is 9.63 Å². The molecule has 2 rings (SSSR count). The van der Waals surface area contributed by atoms with Gasteiger partial charge >= 0.3 is 0 Å². The Hall–Kier alpha value is -2.33. The van der Waals surface area contributed by atoms with Gasteiger partial charge in [0.15, 0.2) is 0 Å². The molecule has 0 radical (unpaired) electrons. The zero-order valence-electron chi connectivity index (χ0n) is 13.2. The summed E-state index contributed by atoms with van der Waals surface area (Å²) in [6.45, 7) is 1.97. The molecule has 0 N–H and O–H groups in total. The van der Waals surface area contributed by atoms with Gasteiger partial charge in [-0.25, -0.2) is 5.06 Å². The normalized spacial score (nSPS) is 11.8. The lowest BCUT2D eigenvalue weighted by atomic mass is 10.1. The average molecular weight is 299 g/mol. The van der Waals surface area contributed by atoms with Crippen molar-refractivity contribution in [3.8, 4) is 5.75 Å². The predicted molar refractivity (Wildman–Crippen MR) is 85.8 cm³/mol. The number of hydrogen-bond acceptors (Lipinski definition) is 3. The topological polar surface area (TPSA) is 38.8 Å². The SMILES string of the molecule is COc1ccc(C[C@H](C)N(OC)C(=O)c2ccccc2)cc1. The molecule has 0 bridgehead atoms. The number of hydrogen-bond donors (Lipinski definition) is 0. The van der Waals surface area contributed by atoms with Gasteiger partial charge in [-0.05, 0) is 43.2 Å². The maximum atomic E-state index is 12.5. The second kappa shape index (κ2) is 7.61. The molecule has 0 aliphatic carbocycles. The Morgan fingerprint density at radius 2 is 1.68 bits per heavy atom. The Morgan fingerprint density at radius 1 is 1.05 bits per heavy atom. The molecule has 22 heavy (non-hydrogen) atoms. The minimum atomic E-state index is -0.135. The third-order valence-electron chi connectivity index (χ3n) is 3.51. The fraction of sp³-hybridized carbons (Fsp3) is 0.278. The van der Waals surface area contributed by atoms with Gasteiger partial charge in [0.1, 0.15) is 5.75 Å². The standard InChI is InChI=1S/C18H21NO3/c1-14(13-15-9-11-17(21-2)12-10-15)19(22-3)18(20)16-7-5-4-6-8-16/h4-12,14H,13H2,1-3H3/t14-/m0/s1. The molecule has 4 nitrogen and oxygen atoms in total. The first-order valence-electron chi connectivity index (χ1n) is 7.21. The van der Waals surface area contributed by atoms with E-state index in [1.807, 2.05) is 49.4 Å². The maximum Gasteiger partial charge on any atom is 0.277 e. The highest BCUT2D eigenvalue weighted by Crippen LogP contribution is 2.16. The van der Waals surface area contributed by atoms with E-state index >= 15 is 0 Å². The van der Waals surface area contributed by atoms with Crippen molar-refractivity contribution in [2.75, 3.05) is 14.2 Å². The van der Waals surface area contributed by atoms with Crippen LogP contribution in [-0.4, -0.2) is 31.2 Å². The lowest BCUT2D eigenvalue weighted by Gasteiger charge is -2.26. The predicted octanol–water partition coefficient (Wildman–Crippen LogP) is 3.33. The molecule has 2 aromatic carbocycles. The molecule has 4 heteroatoms. The van der Waals surface area contributed by atoms with E-state index in [2.05, 4.69) is 0 Å². The molecule has 116 valence electrons. The number of hydroxylamine groups is 2. The Morgan fingerprint density at radius 3 is 2.23 bits per heavy atom. The fourth-order valence-electron chi connectivity index (χ4n) is 2.36. The van der Waals surface area contributed by atoms with Crippen molar-refractivity contribution in [1.29, 1.82) is 0 Å². The molecule has 0 aromatic heterocycles. The molecule has 0 spiro atoms. The monoisotopic (exact) mass is 299 g/mol. The molecule has 0 heterocycles. The van der Waals surface area contributed by atoms with Crippen molar-refractivity contribution < 1.29 is 14.4 Å². The van der Waals surface area contributed by atoms with Crippen LogP contribution in [-0.2, 0) is 11.3 Å². The second-order valence-corrected chi connectivity index (χ2v) is 5.08. The van der Waals surface area contributed by atoms with Gasteiger partial charge in [0.05, 0.1) is 20.3 Å². The summed E-state index contributed by atoms with van der Waals surface area (Å²) in [7, 11) is 3.16. The summed E-state index contributed by atoms with van der Waals surface area (Å²) in [5.41, 5.74) is 1.74. The average Bonchev–Trinajstić information content (AvgIpc) is 2.57. The van der Waals surface area contributed by atoms with E-state index in [1.165, 1.54) is 12.2 Å². The number of amides is 1. The molecule has 1 atom stereocenters. The van der Waals surface area contributed by atoms with E-state index in [0.717, 1.165) is 11.3 Å². The molecule has 2 aromatic rings. The Balaban J connectivity index is 2.07. The highest BCUT2D eigenvalue weighted by Gasteiger charge is 2.21. The third-order valence-corrected chi connectivity index (χ3v) is 3.51. The van der Waals surface area contributed by atoms with Crippen LogP contribution in [0.2, 0.25) is 0 Å². The molecule has 0 aliphatic rings. The van der Waals surface area contributed by atoms with Crippen LogP contribution < -0.4 is 4.74 Å². The van der Waals surface area contributed by atoms with Crippen LogP contribution >= 0.6 is 0 Å². The smallest absolute Gasteiger partial charge is 0.277 e. The van der Waals surface area contributed by atoms with E-state index < -0.39 is 0 Å². The molecular weight excluding hydrogens is 278 g/mol. The van der Waals surface area contributed by atoms with Crippen LogP contribution in [0.3, 0.4) is 0 Å². The van der Waals surface area contributed by atoms with Crippen LogP contribution in [0.1, 0.15) is 22.8 Å². The summed E-state index contributed by atoms with van der Waals surface area (Å²) in [6, 6.07) is 16.9. The number of benzene rings is 2. The lowest BCUT2D eigenvalue weighted by Crippen LogP contribution is -2.39. The highest BCUT2D eigenvalue weighted by atomic mass is 16.7. The second-order valence-electron chi connectivity index (χ2n) is 5.08. The number of nitrogens with zero attached hydrogens (tertiary/aromatic N) is 1. The Bertz CT molecular complexity index is 595. The van der Waals surface area contributed by atoms with Gasteiger partial charge < -0.3 is 4.74 Å². The van der Waals surface area contributed by atoms with Crippen LogP contribution in [0.5, 0.6) is 5.75 Å². The number of methoxy groups -OCH3 is 1. The van der Waals surface area contributed by atoms with Gasteiger partial charge in [-0.15, -0.1) is 0 Å². The molecule has 0 aliphatic heterocycles. The summed E-state index contributed by atoms with van der Waals surface area (Å²) >= 11 is 0. The first kappa shape index (κ1) is 16.0. The third kappa shape index (κ3) is 3.86. The summed E-state index contributed by atoms with van der Waals surface area (Å²) < 4.78 is 5.15. The summed E-state index contributed by atoms with van der Waals surface area (Å²) in [5.74, 6) is 0.685. The van der Waals surface area contributed by atoms with E-state index in [-0.39, 0.29) is 11.9 Å². The zero-order valence-corrected chi connectivity index (χ0v) is 13.2.